The molecule has 0 saturated carbocycles. The molecule has 1 rings (SSSR count). The van der Waals surface area contributed by atoms with Crippen LogP contribution in [0.25, 0.3) is 0 Å². The summed E-state index contributed by atoms with van der Waals surface area (Å²) in [7, 11) is 0. The van der Waals surface area contributed by atoms with E-state index in [4.69, 9.17) is 40.5 Å². The van der Waals surface area contributed by atoms with Gasteiger partial charge in [0.25, 0.3) is 0 Å². The second-order valence-electron chi connectivity index (χ2n) is 1.96. The summed E-state index contributed by atoms with van der Waals surface area (Å²) >= 11 is 21.6. The minimum absolute atomic E-state index is 0.104. The number of aromatic nitrogens is 1. The van der Waals surface area contributed by atoms with Crippen molar-refractivity contribution in [3.8, 4) is 0 Å². The third-order valence-corrected chi connectivity index (χ3v) is 2.48. The third-order valence-electron chi connectivity index (χ3n) is 1.13. The van der Waals surface area contributed by atoms with Crippen LogP contribution in [-0.2, 0) is 0 Å². The molecule has 1 aromatic heterocycles. The van der Waals surface area contributed by atoms with Gasteiger partial charge in [0, 0.05) is 0 Å². The molecule has 0 amide bonds. The highest BCUT2D eigenvalue weighted by Gasteiger charge is 2.08. The van der Waals surface area contributed by atoms with Gasteiger partial charge in [-0.2, -0.15) is 0 Å². The van der Waals surface area contributed by atoms with Crippen molar-refractivity contribution >= 4 is 52.0 Å². The first-order valence-corrected chi connectivity index (χ1v) is 4.38. The van der Waals surface area contributed by atoms with Crippen molar-refractivity contribution in [1.29, 1.82) is 0 Å². The first kappa shape index (κ1) is 9.99. The summed E-state index contributed by atoms with van der Waals surface area (Å²) in [5.74, 6) is 0. The average molecular weight is 242 g/mol. The van der Waals surface area contributed by atoms with Gasteiger partial charge < -0.3 is 5.73 Å². The largest absolute Gasteiger partial charge is 0.388 e. The molecular formula is C6H3Cl3N2S. The van der Waals surface area contributed by atoms with Crippen LogP contribution in [0.3, 0.4) is 0 Å². The van der Waals surface area contributed by atoms with Gasteiger partial charge in [-0.15, -0.1) is 0 Å². The van der Waals surface area contributed by atoms with E-state index in [1.807, 2.05) is 0 Å². The molecule has 0 saturated heterocycles. The van der Waals surface area contributed by atoms with Gasteiger partial charge in [0.1, 0.15) is 15.8 Å². The molecule has 0 radical (unpaired) electrons. The molecule has 2 nitrogen and oxygen atoms in total. The fraction of sp³-hybridized carbons (Fsp3) is 0. The smallest absolute Gasteiger partial charge is 0.149 e. The Labute approximate surface area is 89.6 Å². The first-order valence-electron chi connectivity index (χ1n) is 2.83. The van der Waals surface area contributed by atoms with E-state index in [0.717, 1.165) is 0 Å². The van der Waals surface area contributed by atoms with Crippen LogP contribution < -0.4 is 5.73 Å². The van der Waals surface area contributed by atoms with Gasteiger partial charge >= 0.3 is 0 Å². The van der Waals surface area contributed by atoms with Crippen molar-refractivity contribution in [2.24, 2.45) is 5.73 Å². The first-order chi connectivity index (χ1) is 5.52. The maximum Gasteiger partial charge on any atom is 0.149 e. The maximum absolute atomic E-state index is 5.69. The van der Waals surface area contributed by atoms with Crippen LogP contribution in [0.1, 0.15) is 5.69 Å². The number of pyridine rings is 1. The van der Waals surface area contributed by atoms with E-state index in [-0.39, 0.29) is 15.2 Å². The molecule has 0 aliphatic heterocycles. The fourth-order valence-electron chi connectivity index (χ4n) is 0.595. The average Bonchev–Trinajstić information content (AvgIpc) is 1.99. The lowest BCUT2D eigenvalue weighted by Crippen LogP contribution is -2.11. The summed E-state index contributed by atoms with van der Waals surface area (Å²) in [6.07, 6.45) is 0. The van der Waals surface area contributed by atoms with Crippen LogP contribution in [0.4, 0.5) is 0 Å². The normalized spacial score (nSPS) is 9.92. The molecule has 0 atom stereocenters. The highest BCUT2D eigenvalue weighted by atomic mass is 35.5. The molecule has 0 bridgehead atoms. The minimum Gasteiger partial charge on any atom is -0.388 e. The molecule has 0 aliphatic rings. The standard InChI is InChI=1S/C6H3Cl3N2S/c7-2-1-3(6(10)12)11-5(9)4(2)8/h1H,(H2,10,12). The lowest BCUT2D eigenvalue weighted by Gasteiger charge is -2.01. The quantitative estimate of drug-likeness (QED) is 0.607. The Morgan fingerprint density at radius 3 is 2.42 bits per heavy atom. The van der Waals surface area contributed by atoms with Crippen LogP contribution >= 0.6 is 47.0 Å². The zero-order valence-corrected chi connectivity index (χ0v) is 8.73. The van der Waals surface area contributed by atoms with Gasteiger partial charge in [-0.3, -0.25) is 0 Å². The van der Waals surface area contributed by atoms with E-state index in [1.54, 1.807) is 0 Å². The third kappa shape index (κ3) is 1.98. The Hall–Kier alpha value is -0.0900. The summed E-state index contributed by atoms with van der Waals surface area (Å²) in [4.78, 5) is 3.95. The second-order valence-corrected chi connectivity index (χ2v) is 3.54. The number of nitrogens with two attached hydrogens (primary N) is 1. The zero-order chi connectivity index (χ0) is 9.30. The van der Waals surface area contributed by atoms with Crippen molar-refractivity contribution in [3.05, 3.63) is 27.0 Å². The molecule has 64 valence electrons. The van der Waals surface area contributed by atoms with E-state index >= 15 is 0 Å². The summed E-state index contributed by atoms with van der Waals surface area (Å²) in [6, 6.07) is 1.47. The number of halogens is 3. The van der Waals surface area contributed by atoms with E-state index in [0.29, 0.717) is 10.7 Å². The van der Waals surface area contributed by atoms with E-state index in [1.165, 1.54) is 6.07 Å². The summed E-state index contributed by atoms with van der Waals surface area (Å²) < 4.78 is 0. The number of hydrogen-bond acceptors (Lipinski definition) is 2. The molecule has 1 aromatic rings. The molecule has 6 heteroatoms. The summed E-state index contributed by atoms with van der Waals surface area (Å²) in [5.41, 5.74) is 5.68. The number of nitrogens with zero attached hydrogens (tertiary/aromatic N) is 1. The topological polar surface area (TPSA) is 38.9 Å². The van der Waals surface area contributed by atoms with Gasteiger partial charge in [-0.25, -0.2) is 4.98 Å². The van der Waals surface area contributed by atoms with Crippen molar-refractivity contribution < 1.29 is 0 Å². The Morgan fingerprint density at radius 1 is 1.42 bits per heavy atom. The van der Waals surface area contributed by atoms with E-state index in [2.05, 4.69) is 17.2 Å². The SMILES string of the molecule is NC(=S)c1cc(Cl)c(Cl)c(Cl)n1. The Balaban J connectivity index is 3.31. The molecule has 2 N–H and O–H groups in total. The predicted molar refractivity (Wildman–Crippen MR) is 55.2 cm³/mol. The molecular weight excluding hydrogens is 239 g/mol. The zero-order valence-electron chi connectivity index (χ0n) is 5.64. The van der Waals surface area contributed by atoms with Crippen molar-refractivity contribution in [1.82, 2.24) is 4.98 Å². The second kappa shape index (κ2) is 3.75. The van der Waals surface area contributed by atoms with Crippen molar-refractivity contribution in [3.63, 3.8) is 0 Å². The molecule has 0 spiro atoms. The van der Waals surface area contributed by atoms with Crippen LogP contribution in [0.2, 0.25) is 15.2 Å². The van der Waals surface area contributed by atoms with Gasteiger partial charge in [-0.05, 0) is 6.07 Å². The minimum atomic E-state index is 0.104. The lowest BCUT2D eigenvalue weighted by molar-refractivity contribution is 1.29. The Morgan fingerprint density at radius 2 is 2.00 bits per heavy atom. The van der Waals surface area contributed by atoms with E-state index in [9.17, 15) is 0 Å². The molecule has 1 heterocycles. The molecule has 0 fully saturated rings. The van der Waals surface area contributed by atoms with Crippen LogP contribution in [0.15, 0.2) is 6.07 Å². The van der Waals surface area contributed by atoms with E-state index < -0.39 is 0 Å². The van der Waals surface area contributed by atoms with Gasteiger partial charge in [0.2, 0.25) is 0 Å². The monoisotopic (exact) mass is 240 g/mol. The summed E-state index contributed by atoms with van der Waals surface area (Å²) in [6.45, 7) is 0. The highest BCUT2D eigenvalue weighted by Crippen LogP contribution is 2.28. The predicted octanol–water partition coefficient (Wildman–Crippen LogP) is 2.68. The molecule has 0 unspecified atom stereocenters. The number of thiocarbonyl (C=S) groups is 1. The molecule has 0 aliphatic carbocycles. The van der Waals surface area contributed by atoms with Crippen LogP contribution in [0, 0.1) is 0 Å². The van der Waals surface area contributed by atoms with Gasteiger partial charge in [-0.1, -0.05) is 47.0 Å². The van der Waals surface area contributed by atoms with Crippen LogP contribution in [-0.4, -0.2) is 9.97 Å². The number of hydrogen-bond donors (Lipinski definition) is 1. The highest BCUT2D eigenvalue weighted by molar-refractivity contribution is 7.80. The van der Waals surface area contributed by atoms with Gasteiger partial charge in [0.15, 0.2) is 0 Å². The van der Waals surface area contributed by atoms with Gasteiger partial charge in [0.05, 0.1) is 10.0 Å². The number of rotatable bonds is 1. The maximum atomic E-state index is 5.69. The molecule has 12 heavy (non-hydrogen) atoms. The Kier molecular flexibility index (Phi) is 3.12. The summed E-state index contributed by atoms with van der Waals surface area (Å²) in [5, 5.41) is 0.602. The fourth-order valence-corrected chi connectivity index (χ4v) is 1.23. The van der Waals surface area contributed by atoms with Crippen molar-refractivity contribution in [2.75, 3.05) is 0 Å². The Bertz CT molecular complexity index is 317. The van der Waals surface area contributed by atoms with Crippen LogP contribution in [0.5, 0.6) is 0 Å². The lowest BCUT2D eigenvalue weighted by atomic mass is 10.3. The van der Waals surface area contributed by atoms with Crippen molar-refractivity contribution in [2.45, 2.75) is 0 Å². The molecule has 0 aromatic carbocycles.